The summed E-state index contributed by atoms with van der Waals surface area (Å²) in [7, 11) is 0. The number of aromatic nitrogens is 2. The van der Waals surface area contributed by atoms with Crippen LogP contribution in [0.15, 0.2) is 24.3 Å². The molecule has 0 atom stereocenters. The van der Waals surface area contributed by atoms with Gasteiger partial charge in [0.05, 0.1) is 17.5 Å². The summed E-state index contributed by atoms with van der Waals surface area (Å²) in [5, 5.41) is 0.956. The Morgan fingerprint density at radius 2 is 1.73 bits per heavy atom. The van der Waals surface area contributed by atoms with Gasteiger partial charge in [0.1, 0.15) is 10.6 Å². The molecule has 1 saturated heterocycles. The Balaban J connectivity index is 1.25. The van der Waals surface area contributed by atoms with Crippen LogP contribution < -0.4 is 5.73 Å². The Morgan fingerprint density at radius 1 is 1.00 bits per heavy atom. The normalized spacial score (nSPS) is 16.2. The van der Waals surface area contributed by atoms with Crippen molar-refractivity contribution in [1.82, 2.24) is 14.9 Å². The second-order valence-corrected chi connectivity index (χ2v) is 9.50. The molecular weight excluding hydrogens is 440 g/mol. The molecule has 0 saturated carbocycles. The summed E-state index contributed by atoms with van der Waals surface area (Å²) in [4.78, 5) is 48.5. The Bertz CT molecular complexity index is 1240. The van der Waals surface area contributed by atoms with Gasteiger partial charge in [-0.05, 0) is 48.9 Å². The smallest absolute Gasteiger partial charge is 0.338 e. The van der Waals surface area contributed by atoms with Gasteiger partial charge in [0.15, 0.2) is 12.4 Å². The largest absolute Gasteiger partial charge is 0.454 e. The third-order valence-electron chi connectivity index (χ3n) is 6.16. The Labute approximate surface area is 194 Å². The highest BCUT2D eigenvalue weighted by Crippen LogP contribution is 2.37. The van der Waals surface area contributed by atoms with E-state index in [9.17, 15) is 14.4 Å². The van der Waals surface area contributed by atoms with E-state index in [1.807, 2.05) is 0 Å². The predicted molar refractivity (Wildman–Crippen MR) is 123 cm³/mol. The van der Waals surface area contributed by atoms with E-state index < -0.39 is 5.97 Å². The van der Waals surface area contributed by atoms with Crippen LogP contribution in [-0.4, -0.2) is 32.7 Å². The Kier molecular flexibility index (Phi) is 5.80. The summed E-state index contributed by atoms with van der Waals surface area (Å²) in [5.41, 5.74) is 8.69. The molecule has 0 unspecified atom stereocenters. The topological polar surface area (TPSA) is 115 Å². The number of ether oxygens (including phenoxy) is 1. The first-order valence-electron chi connectivity index (χ1n) is 11.2. The van der Waals surface area contributed by atoms with Crippen LogP contribution in [0.4, 0.5) is 5.82 Å². The number of esters is 1. The van der Waals surface area contributed by atoms with E-state index in [2.05, 4.69) is 9.97 Å². The number of aryl methyl sites for hydroxylation is 2. The number of rotatable bonds is 5. The number of hydrogen-bond donors (Lipinski definition) is 1. The molecule has 0 radical (unpaired) electrons. The Hall–Kier alpha value is -3.33. The minimum atomic E-state index is -0.501. The lowest BCUT2D eigenvalue weighted by molar-refractivity contribution is -0.139. The third-order valence-corrected chi connectivity index (χ3v) is 7.34. The van der Waals surface area contributed by atoms with E-state index in [1.54, 1.807) is 35.6 Å². The molecule has 170 valence electrons. The highest BCUT2D eigenvalue weighted by molar-refractivity contribution is 7.19. The van der Waals surface area contributed by atoms with Crippen LogP contribution in [0.2, 0.25) is 0 Å². The standard InChI is InChI=1S/C24H24N4O4S/c25-22-21-16-4-2-1-3-5-17(16)33-23(21)27-18(26-22)13-32-24(31)15-8-6-14(7-9-15)12-28-19(29)10-11-20(28)30/h6-9H,1-5,10-13H2,(H2,25,26,27). The fourth-order valence-electron chi connectivity index (χ4n) is 4.41. The number of fused-ring (bicyclic) bond motifs is 3. The zero-order valence-electron chi connectivity index (χ0n) is 18.1. The molecule has 1 aliphatic carbocycles. The molecule has 2 amide bonds. The number of nitrogens with zero attached hydrogens (tertiary/aromatic N) is 3. The SMILES string of the molecule is Nc1nc(COC(=O)c2ccc(CN3C(=O)CCC3=O)cc2)nc2sc3c(c12)CCCCC3. The van der Waals surface area contributed by atoms with Crippen LogP contribution in [-0.2, 0) is 40.3 Å². The summed E-state index contributed by atoms with van der Waals surface area (Å²) in [6.45, 7) is 0.144. The van der Waals surface area contributed by atoms with Crippen molar-refractivity contribution in [2.24, 2.45) is 0 Å². The lowest BCUT2D eigenvalue weighted by atomic mass is 10.1. The van der Waals surface area contributed by atoms with Gasteiger partial charge in [0.2, 0.25) is 11.8 Å². The second kappa shape index (κ2) is 8.90. The second-order valence-electron chi connectivity index (χ2n) is 8.42. The highest BCUT2D eigenvalue weighted by atomic mass is 32.1. The zero-order valence-corrected chi connectivity index (χ0v) is 19.0. The number of thiophene rings is 1. The van der Waals surface area contributed by atoms with Crippen LogP contribution >= 0.6 is 11.3 Å². The van der Waals surface area contributed by atoms with E-state index in [0.717, 1.165) is 35.0 Å². The number of likely N-dealkylation sites (tertiary alicyclic amines) is 1. The van der Waals surface area contributed by atoms with Gasteiger partial charge < -0.3 is 10.5 Å². The first-order chi connectivity index (χ1) is 16.0. The minimum Gasteiger partial charge on any atom is -0.454 e. The number of nitrogens with two attached hydrogens (primary N) is 1. The molecule has 2 aliphatic rings. The minimum absolute atomic E-state index is 0.0694. The summed E-state index contributed by atoms with van der Waals surface area (Å²) >= 11 is 1.66. The highest BCUT2D eigenvalue weighted by Gasteiger charge is 2.28. The molecule has 33 heavy (non-hydrogen) atoms. The van der Waals surface area contributed by atoms with Crippen LogP contribution in [0.5, 0.6) is 0 Å². The van der Waals surface area contributed by atoms with Crippen molar-refractivity contribution in [2.45, 2.75) is 58.1 Å². The molecule has 0 spiro atoms. The van der Waals surface area contributed by atoms with Crippen molar-refractivity contribution in [3.8, 4) is 0 Å². The molecule has 3 aromatic rings. The van der Waals surface area contributed by atoms with Crippen molar-refractivity contribution in [3.63, 3.8) is 0 Å². The van der Waals surface area contributed by atoms with Crippen molar-refractivity contribution in [1.29, 1.82) is 0 Å². The monoisotopic (exact) mass is 464 g/mol. The molecule has 9 heteroatoms. The van der Waals surface area contributed by atoms with E-state index >= 15 is 0 Å². The summed E-state index contributed by atoms with van der Waals surface area (Å²) in [6, 6.07) is 6.68. The fraction of sp³-hybridized carbons (Fsp3) is 0.375. The van der Waals surface area contributed by atoms with E-state index in [0.29, 0.717) is 17.2 Å². The van der Waals surface area contributed by atoms with Gasteiger partial charge in [-0.2, -0.15) is 0 Å². The lowest BCUT2D eigenvalue weighted by Crippen LogP contribution is -2.28. The van der Waals surface area contributed by atoms with Gasteiger partial charge in [-0.25, -0.2) is 14.8 Å². The van der Waals surface area contributed by atoms with Crippen molar-refractivity contribution >= 4 is 45.2 Å². The maximum atomic E-state index is 12.5. The molecule has 2 aromatic heterocycles. The molecule has 5 rings (SSSR count). The molecule has 1 fully saturated rings. The average molecular weight is 465 g/mol. The number of imide groups is 1. The number of hydrogen-bond acceptors (Lipinski definition) is 8. The van der Waals surface area contributed by atoms with Crippen molar-refractivity contribution in [3.05, 3.63) is 51.7 Å². The zero-order chi connectivity index (χ0) is 22.9. The van der Waals surface area contributed by atoms with E-state index in [-0.39, 0.29) is 37.8 Å². The van der Waals surface area contributed by atoms with E-state index in [1.165, 1.54) is 28.2 Å². The molecular formula is C24H24N4O4S. The maximum absolute atomic E-state index is 12.5. The fourth-order valence-corrected chi connectivity index (χ4v) is 5.70. The molecule has 3 heterocycles. The van der Waals surface area contributed by atoms with Gasteiger partial charge in [-0.3, -0.25) is 14.5 Å². The summed E-state index contributed by atoms with van der Waals surface area (Å²) in [6.07, 6.45) is 6.14. The molecule has 1 aliphatic heterocycles. The van der Waals surface area contributed by atoms with Gasteiger partial charge >= 0.3 is 5.97 Å². The average Bonchev–Trinajstić information content (AvgIpc) is 3.22. The molecule has 8 nitrogen and oxygen atoms in total. The number of nitrogen functional groups attached to an aromatic ring is 1. The maximum Gasteiger partial charge on any atom is 0.338 e. The summed E-state index contributed by atoms with van der Waals surface area (Å²) < 4.78 is 5.41. The van der Waals surface area contributed by atoms with Gasteiger partial charge in [0.25, 0.3) is 0 Å². The van der Waals surface area contributed by atoms with Crippen LogP contribution in [0, 0.1) is 0 Å². The Morgan fingerprint density at radius 3 is 2.48 bits per heavy atom. The van der Waals surface area contributed by atoms with E-state index in [4.69, 9.17) is 10.5 Å². The number of carbonyl (C=O) groups is 3. The molecule has 0 bridgehead atoms. The van der Waals surface area contributed by atoms with Gasteiger partial charge in [-0.1, -0.05) is 18.6 Å². The van der Waals surface area contributed by atoms with Gasteiger partial charge in [-0.15, -0.1) is 11.3 Å². The number of amides is 2. The van der Waals surface area contributed by atoms with Crippen LogP contribution in [0.25, 0.3) is 10.2 Å². The molecule has 2 N–H and O–H groups in total. The lowest BCUT2D eigenvalue weighted by Gasteiger charge is -2.13. The van der Waals surface area contributed by atoms with Crippen molar-refractivity contribution < 1.29 is 19.1 Å². The van der Waals surface area contributed by atoms with Crippen LogP contribution in [0.3, 0.4) is 0 Å². The van der Waals surface area contributed by atoms with Gasteiger partial charge in [0, 0.05) is 17.7 Å². The number of anilines is 1. The van der Waals surface area contributed by atoms with Crippen molar-refractivity contribution in [2.75, 3.05) is 5.73 Å². The molecule has 1 aromatic carbocycles. The summed E-state index contributed by atoms with van der Waals surface area (Å²) in [5.74, 6) is -0.00361. The quantitative estimate of drug-likeness (QED) is 0.349. The number of benzene rings is 1. The first kappa shape index (κ1) is 21.5. The number of carbonyl (C=O) groups excluding carboxylic acids is 3. The third kappa shape index (κ3) is 4.32. The first-order valence-corrected chi connectivity index (χ1v) is 12.0. The predicted octanol–water partition coefficient (Wildman–Crippen LogP) is 3.55. The van der Waals surface area contributed by atoms with Crippen LogP contribution in [0.1, 0.15) is 64.3 Å².